The fourth-order valence-corrected chi connectivity index (χ4v) is 2.08. The van der Waals surface area contributed by atoms with Crippen LogP contribution in [-0.4, -0.2) is 35.7 Å². The van der Waals surface area contributed by atoms with E-state index in [1.54, 1.807) is 0 Å². The molecule has 0 bridgehead atoms. The minimum Gasteiger partial charge on any atom is -0.485 e. The minimum atomic E-state index is -1.82. The Morgan fingerprint density at radius 1 is 1.00 bits per heavy atom. The molecule has 1 unspecified atom stereocenters. The molecule has 0 aliphatic heterocycles. The van der Waals surface area contributed by atoms with E-state index >= 15 is 0 Å². The fourth-order valence-electron chi connectivity index (χ4n) is 2.08. The number of hydrogen-bond acceptors (Lipinski definition) is 4. The Balaban J connectivity index is 0.000000450. The number of ether oxygens (including phenoxy) is 1. The number of benzene rings is 2. The zero-order chi connectivity index (χ0) is 18.7. The van der Waals surface area contributed by atoms with Crippen LogP contribution in [-0.2, 0) is 9.59 Å². The molecule has 0 fully saturated rings. The lowest BCUT2D eigenvalue weighted by Gasteiger charge is -2.20. The van der Waals surface area contributed by atoms with Crippen LogP contribution in [0.5, 0.6) is 5.75 Å². The van der Waals surface area contributed by atoms with Crippen molar-refractivity contribution in [3.63, 3.8) is 0 Å². The second kappa shape index (κ2) is 10.8. The average Bonchev–Trinajstić information content (AvgIpc) is 2.61. The highest BCUT2D eigenvalue weighted by atomic mass is 16.5. The van der Waals surface area contributed by atoms with E-state index in [-0.39, 0.29) is 6.10 Å². The van der Waals surface area contributed by atoms with Crippen molar-refractivity contribution in [2.45, 2.75) is 19.4 Å². The molecular weight excluding hydrogens is 322 g/mol. The van der Waals surface area contributed by atoms with E-state index < -0.39 is 11.9 Å². The van der Waals surface area contributed by atoms with Gasteiger partial charge in [0.2, 0.25) is 0 Å². The van der Waals surface area contributed by atoms with Gasteiger partial charge in [0.1, 0.15) is 11.9 Å². The Hall–Kier alpha value is -2.86. The summed E-state index contributed by atoms with van der Waals surface area (Å²) in [7, 11) is 1.97. The Kier molecular flexibility index (Phi) is 8.74. The molecule has 0 aliphatic carbocycles. The summed E-state index contributed by atoms with van der Waals surface area (Å²) in [6, 6.07) is 18.6. The van der Waals surface area contributed by atoms with Gasteiger partial charge in [-0.2, -0.15) is 0 Å². The highest BCUT2D eigenvalue weighted by Gasteiger charge is 2.13. The van der Waals surface area contributed by atoms with Crippen LogP contribution in [0, 0.1) is 6.92 Å². The Labute approximate surface area is 147 Å². The van der Waals surface area contributed by atoms with Gasteiger partial charge < -0.3 is 20.3 Å². The molecule has 0 spiro atoms. The third kappa shape index (κ3) is 7.50. The van der Waals surface area contributed by atoms with Crippen molar-refractivity contribution < 1.29 is 24.5 Å². The molecule has 0 heterocycles. The van der Waals surface area contributed by atoms with Gasteiger partial charge in [-0.15, -0.1) is 0 Å². The van der Waals surface area contributed by atoms with Crippen LogP contribution in [0.4, 0.5) is 0 Å². The molecule has 0 aliphatic rings. The van der Waals surface area contributed by atoms with Crippen molar-refractivity contribution in [1.29, 1.82) is 0 Å². The maximum absolute atomic E-state index is 9.10. The second-order valence-electron chi connectivity index (χ2n) is 5.29. The van der Waals surface area contributed by atoms with Gasteiger partial charge >= 0.3 is 11.9 Å². The molecule has 2 aromatic rings. The van der Waals surface area contributed by atoms with Gasteiger partial charge in [-0.25, -0.2) is 9.59 Å². The van der Waals surface area contributed by atoms with E-state index in [0.717, 1.165) is 18.7 Å². The maximum atomic E-state index is 9.10. The van der Waals surface area contributed by atoms with E-state index in [4.69, 9.17) is 24.5 Å². The number of nitrogens with one attached hydrogen (secondary N) is 1. The summed E-state index contributed by atoms with van der Waals surface area (Å²) in [5, 5.41) is 18.0. The zero-order valence-electron chi connectivity index (χ0n) is 14.3. The van der Waals surface area contributed by atoms with Crippen molar-refractivity contribution in [2.75, 3.05) is 13.6 Å². The van der Waals surface area contributed by atoms with Crippen molar-refractivity contribution in [3.05, 3.63) is 65.7 Å². The lowest BCUT2D eigenvalue weighted by Crippen LogP contribution is -2.16. The first-order valence-electron chi connectivity index (χ1n) is 7.83. The first kappa shape index (κ1) is 20.2. The maximum Gasteiger partial charge on any atom is 0.414 e. The number of carbonyl (C=O) groups is 2. The first-order chi connectivity index (χ1) is 12.0. The molecule has 0 saturated heterocycles. The number of aliphatic carboxylic acids is 2. The van der Waals surface area contributed by atoms with Gasteiger partial charge in [0.15, 0.2) is 0 Å². The third-order valence-corrected chi connectivity index (χ3v) is 3.37. The van der Waals surface area contributed by atoms with Crippen LogP contribution >= 0.6 is 0 Å². The van der Waals surface area contributed by atoms with E-state index in [1.807, 2.05) is 31.3 Å². The topological polar surface area (TPSA) is 95.9 Å². The standard InChI is InChI=1S/C17H21NO.C2H2O4/c1-14-8-6-7-11-16(14)19-17(12-13-18-2)15-9-4-3-5-10-15;3-1(4)2(5)6/h3-11,17-18H,12-13H2,1-2H3;(H,3,4)(H,5,6). The van der Waals surface area contributed by atoms with Crippen LogP contribution in [0.15, 0.2) is 54.6 Å². The number of carboxylic acids is 2. The highest BCUT2D eigenvalue weighted by Crippen LogP contribution is 2.26. The van der Waals surface area contributed by atoms with Gasteiger partial charge in [0, 0.05) is 6.42 Å². The molecule has 0 saturated carbocycles. The zero-order valence-corrected chi connectivity index (χ0v) is 14.3. The number of hydrogen-bond donors (Lipinski definition) is 3. The Bertz CT molecular complexity index is 661. The molecule has 0 radical (unpaired) electrons. The lowest BCUT2D eigenvalue weighted by atomic mass is 10.1. The second-order valence-corrected chi connectivity index (χ2v) is 5.29. The molecule has 134 valence electrons. The summed E-state index contributed by atoms with van der Waals surface area (Å²) in [5.41, 5.74) is 2.40. The van der Waals surface area contributed by atoms with Gasteiger partial charge in [-0.05, 0) is 37.7 Å². The summed E-state index contributed by atoms with van der Waals surface area (Å²) in [4.78, 5) is 18.2. The quantitative estimate of drug-likeness (QED) is 0.697. The van der Waals surface area contributed by atoms with Crippen LogP contribution in [0.3, 0.4) is 0 Å². The van der Waals surface area contributed by atoms with Crippen molar-refractivity contribution in [1.82, 2.24) is 5.32 Å². The predicted octanol–water partition coefficient (Wildman–Crippen LogP) is 2.88. The predicted molar refractivity (Wildman–Crippen MR) is 94.8 cm³/mol. The molecule has 1 atom stereocenters. The van der Waals surface area contributed by atoms with Gasteiger partial charge in [-0.1, -0.05) is 48.5 Å². The van der Waals surface area contributed by atoms with Crippen LogP contribution in [0.1, 0.15) is 23.7 Å². The fraction of sp³-hybridized carbons (Fsp3) is 0.263. The SMILES string of the molecule is CNCCC(Oc1ccccc1C)c1ccccc1.O=C(O)C(=O)O. The first-order valence-corrected chi connectivity index (χ1v) is 7.83. The molecule has 6 nitrogen and oxygen atoms in total. The Morgan fingerprint density at radius 3 is 2.08 bits per heavy atom. The number of carboxylic acid groups (broad SMARTS) is 2. The number of aryl methyl sites for hydroxylation is 1. The lowest BCUT2D eigenvalue weighted by molar-refractivity contribution is -0.159. The van der Waals surface area contributed by atoms with Crippen LogP contribution in [0.25, 0.3) is 0 Å². The molecule has 0 amide bonds. The van der Waals surface area contributed by atoms with Crippen LogP contribution in [0.2, 0.25) is 0 Å². The van der Waals surface area contributed by atoms with E-state index in [1.165, 1.54) is 11.1 Å². The van der Waals surface area contributed by atoms with Crippen molar-refractivity contribution >= 4 is 11.9 Å². The minimum absolute atomic E-state index is 0.0924. The molecule has 0 aromatic heterocycles. The van der Waals surface area contributed by atoms with Gasteiger partial charge in [0.25, 0.3) is 0 Å². The van der Waals surface area contributed by atoms with Gasteiger partial charge in [0.05, 0.1) is 0 Å². The van der Waals surface area contributed by atoms with E-state index in [9.17, 15) is 0 Å². The summed E-state index contributed by atoms with van der Waals surface area (Å²) < 4.78 is 6.19. The summed E-state index contributed by atoms with van der Waals surface area (Å²) >= 11 is 0. The van der Waals surface area contributed by atoms with Gasteiger partial charge in [-0.3, -0.25) is 0 Å². The van der Waals surface area contributed by atoms with Crippen molar-refractivity contribution in [3.8, 4) is 5.75 Å². The monoisotopic (exact) mass is 345 g/mol. The molecule has 2 aromatic carbocycles. The highest BCUT2D eigenvalue weighted by molar-refractivity contribution is 6.27. The number of rotatable bonds is 6. The largest absolute Gasteiger partial charge is 0.485 e. The molecule has 25 heavy (non-hydrogen) atoms. The summed E-state index contributed by atoms with van der Waals surface area (Å²) in [6.07, 6.45) is 1.05. The average molecular weight is 345 g/mol. The van der Waals surface area contributed by atoms with Crippen molar-refractivity contribution in [2.24, 2.45) is 0 Å². The molecular formula is C19H23NO5. The number of para-hydroxylation sites is 1. The van der Waals surface area contributed by atoms with E-state index in [2.05, 4.69) is 42.6 Å². The van der Waals surface area contributed by atoms with E-state index in [0.29, 0.717) is 0 Å². The molecule has 2 rings (SSSR count). The van der Waals surface area contributed by atoms with Crippen LogP contribution < -0.4 is 10.1 Å². The summed E-state index contributed by atoms with van der Waals surface area (Å²) in [6.45, 7) is 3.01. The summed E-state index contributed by atoms with van der Waals surface area (Å²) in [5.74, 6) is -2.68. The molecule has 6 heteroatoms. The normalized spacial score (nSPS) is 11.0. The third-order valence-electron chi connectivity index (χ3n) is 3.37. The molecule has 3 N–H and O–H groups in total. The Morgan fingerprint density at radius 2 is 1.56 bits per heavy atom. The smallest absolute Gasteiger partial charge is 0.414 e.